The van der Waals surface area contributed by atoms with Crippen LogP contribution in [0.15, 0.2) is 24.3 Å². The van der Waals surface area contributed by atoms with Gasteiger partial charge in [-0.05, 0) is 24.1 Å². The van der Waals surface area contributed by atoms with Gasteiger partial charge in [0.05, 0.1) is 12.5 Å². The lowest BCUT2D eigenvalue weighted by Crippen LogP contribution is -2.59. The molecule has 0 spiro atoms. The second-order valence-corrected chi connectivity index (χ2v) is 5.14. The third kappa shape index (κ3) is 3.24. The summed E-state index contributed by atoms with van der Waals surface area (Å²) in [5, 5.41) is 3.92. The van der Waals surface area contributed by atoms with Gasteiger partial charge in [0.25, 0.3) is 0 Å². The summed E-state index contributed by atoms with van der Waals surface area (Å²) in [5.41, 5.74) is 1.03. The predicted octanol–water partition coefficient (Wildman–Crippen LogP) is 2.09. The molecular weight excluding hydrogens is 248 g/mol. The summed E-state index contributed by atoms with van der Waals surface area (Å²) in [6.45, 7) is 4.80. The topological polar surface area (TPSA) is 32.3 Å². The van der Waals surface area contributed by atoms with Gasteiger partial charge in [-0.25, -0.2) is 0 Å². The Labute approximate surface area is 113 Å². The molecule has 0 atom stereocenters. The number of hydrogen-bond acceptors (Lipinski definition) is 2. The summed E-state index contributed by atoms with van der Waals surface area (Å²) in [6, 6.07) is 7.88. The first kappa shape index (κ1) is 13.4. The van der Waals surface area contributed by atoms with Crippen molar-refractivity contribution in [2.24, 2.45) is 0 Å². The maximum atomic E-state index is 12.3. The molecule has 1 heterocycles. The minimum absolute atomic E-state index is 0.214. The van der Waals surface area contributed by atoms with Crippen molar-refractivity contribution < 1.29 is 4.79 Å². The molecular formula is C14H19ClN2O. The quantitative estimate of drug-likeness (QED) is 0.885. The Morgan fingerprint density at radius 2 is 2.06 bits per heavy atom. The van der Waals surface area contributed by atoms with Crippen molar-refractivity contribution in [3.63, 3.8) is 0 Å². The summed E-state index contributed by atoms with van der Waals surface area (Å²) >= 11 is 5.84. The standard InChI is InChI=1S/C14H19ClN2O/c1-2-7-17(13-9-16-10-13)14(18)8-11-3-5-12(15)6-4-11/h3-6,13,16H,2,7-10H2,1H3. The molecule has 0 aromatic heterocycles. The molecule has 3 nitrogen and oxygen atoms in total. The number of benzene rings is 1. The van der Waals surface area contributed by atoms with Crippen LogP contribution < -0.4 is 5.32 Å². The minimum Gasteiger partial charge on any atom is -0.337 e. The van der Waals surface area contributed by atoms with E-state index in [9.17, 15) is 4.79 Å². The number of carbonyl (C=O) groups is 1. The fraction of sp³-hybridized carbons (Fsp3) is 0.500. The number of nitrogens with zero attached hydrogens (tertiary/aromatic N) is 1. The van der Waals surface area contributed by atoms with Gasteiger partial charge in [-0.3, -0.25) is 4.79 Å². The fourth-order valence-corrected chi connectivity index (χ4v) is 2.25. The highest BCUT2D eigenvalue weighted by Gasteiger charge is 2.27. The molecule has 0 unspecified atom stereocenters. The Hall–Kier alpha value is -1.06. The molecule has 1 aliphatic rings. The molecule has 1 aromatic rings. The lowest BCUT2D eigenvalue weighted by molar-refractivity contribution is -0.133. The smallest absolute Gasteiger partial charge is 0.227 e. The zero-order valence-electron chi connectivity index (χ0n) is 10.7. The van der Waals surface area contributed by atoms with Crippen molar-refractivity contribution in [1.82, 2.24) is 10.2 Å². The van der Waals surface area contributed by atoms with E-state index in [0.29, 0.717) is 17.5 Å². The number of amides is 1. The summed E-state index contributed by atoms with van der Waals surface area (Å²) in [7, 11) is 0. The summed E-state index contributed by atoms with van der Waals surface area (Å²) < 4.78 is 0. The first-order valence-corrected chi connectivity index (χ1v) is 6.83. The highest BCUT2D eigenvalue weighted by atomic mass is 35.5. The lowest BCUT2D eigenvalue weighted by atomic mass is 10.1. The van der Waals surface area contributed by atoms with Crippen molar-refractivity contribution in [2.75, 3.05) is 19.6 Å². The molecule has 4 heteroatoms. The zero-order valence-corrected chi connectivity index (χ0v) is 11.4. The Kier molecular flexibility index (Phi) is 4.61. The second-order valence-electron chi connectivity index (χ2n) is 4.70. The fourth-order valence-electron chi connectivity index (χ4n) is 2.12. The van der Waals surface area contributed by atoms with Crippen LogP contribution in [0, 0.1) is 0 Å². The van der Waals surface area contributed by atoms with E-state index in [2.05, 4.69) is 12.2 Å². The summed E-state index contributed by atoms with van der Waals surface area (Å²) in [4.78, 5) is 14.3. The summed E-state index contributed by atoms with van der Waals surface area (Å²) in [5.74, 6) is 0.214. The van der Waals surface area contributed by atoms with Crippen LogP contribution in [0.1, 0.15) is 18.9 Å². The largest absolute Gasteiger partial charge is 0.337 e. The SMILES string of the molecule is CCCN(C(=O)Cc1ccc(Cl)cc1)C1CNC1. The van der Waals surface area contributed by atoms with Gasteiger partial charge in [-0.1, -0.05) is 30.7 Å². The average Bonchev–Trinajstić information content (AvgIpc) is 2.29. The second kappa shape index (κ2) is 6.21. The first-order valence-electron chi connectivity index (χ1n) is 6.45. The molecule has 2 rings (SSSR count). The highest BCUT2D eigenvalue weighted by Crippen LogP contribution is 2.13. The van der Waals surface area contributed by atoms with Gasteiger partial charge < -0.3 is 10.2 Å². The van der Waals surface area contributed by atoms with Crippen LogP contribution in [-0.2, 0) is 11.2 Å². The predicted molar refractivity (Wildman–Crippen MR) is 73.8 cm³/mol. The van der Waals surface area contributed by atoms with Gasteiger partial charge in [-0.15, -0.1) is 0 Å². The molecule has 1 N–H and O–H groups in total. The Balaban J connectivity index is 1.97. The highest BCUT2D eigenvalue weighted by molar-refractivity contribution is 6.30. The maximum absolute atomic E-state index is 12.3. The van der Waals surface area contributed by atoms with Gasteiger partial charge >= 0.3 is 0 Å². The Morgan fingerprint density at radius 1 is 1.39 bits per heavy atom. The monoisotopic (exact) mass is 266 g/mol. The van der Waals surface area contributed by atoms with E-state index >= 15 is 0 Å². The van der Waals surface area contributed by atoms with Crippen LogP contribution in [0.25, 0.3) is 0 Å². The van der Waals surface area contributed by atoms with Crippen LogP contribution >= 0.6 is 11.6 Å². The van der Waals surface area contributed by atoms with Crippen LogP contribution in [-0.4, -0.2) is 36.5 Å². The summed E-state index contributed by atoms with van der Waals surface area (Å²) in [6.07, 6.45) is 1.47. The van der Waals surface area contributed by atoms with Gasteiger partial charge in [0.1, 0.15) is 0 Å². The van der Waals surface area contributed by atoms with Crippen molar-refractivity contribution in [2.45, 2.75) is 25.8 Å². The molecule has 0 bridgehead atoms. The van der Waals surface area contributed by atoms with E-state index in [1.807, 2.05) is 29.2 Å². The third-order valence-corrected chi connectivity index (χ3v) is 3.51. The van der Waals surface area contributed by atoms with Crippen LogP contribution in [0.3, 0.4) is 0 Å². The molecule has 1 amide bonds. The molecule has 1 aromatic carbocycles. The molecule has 1 aliphatic heterocycles. The molecule has 0 saturated carbocycles. The normalized spacial score (nSPS) is 15.2. The molecule has 1 saturated heterocycles. The molecule has 0 radical (unpaired) electrons. The van der Waals surface area contributed by atoms with E-state index in [4.69, 9.17) is 11.6 Å². The van der Waals surface area contributed by atoms with Crippen molar-refractivity contribution in [3.8, 4) is 0 Å². The molecule has 1 fully saturated rings. The van der Waals surface area contributed by atoms with Crippen LogP contribution in [0.5, 0.6) is 0 Å². The number of halogens is 1. The molecule has 0 aliphatic carbocycles. The lowest BCUT2D eigenvalue weighted by Gasteiger charge is -2.38. The van der Waals surface area contributed by atoms with E-state index in [-0.39, 0.29) is 5.91 Å². The van der Waals surface area contributed by atoms with Gasteiger partial charge in [-0.2, -0.15) is 0 Å². The van der Waals surface area contributed by atoms with Gasteiger partial charge in [0.15, 0.2) is 0 Å². The molecule has 18 heavy (non-hydrogen) atoms. The van der Waals surface area contributed by atoms with Crippen LogP contribution in [0.4, 0.5) is 0 Å². The van der Waals surface area contributed by atoms with Crippen molar-refractivity contribution in [1.29, 1.82) is 0 Å². The van der Waals surface area contributed by atoms with Gasteiger partial charge in [0, 0.05) is 24.7 Å². The van der Waals surface area contributed by atoms with Crippen molar-refractivity contribution in [3.05, 3.63) is 34.9 Å². The number of nitrogens with one attached hydrogen (secondary N) is 1. The number of rotatable bonds is 5. The number of hydrogen-bond donors (Lipinski definition) is 1. The minimum atomic E-state index is 0.214. The first-order chi connectivity index (χ1) is 8.70. The Morgan fingerprint density at radius 3 is 2.56 bits per heavy atom. The zero-order chi connectivity index (χ0) is 13.0. The van der Waals surface area contributed by atoms with Gasteiger partial charge in [0.2, 0.25) is 5.91 Å². The van der Waals surface area contributed by atoms with E-state index < -0.39 is 0 Å². The average molecular weight is 267 g/mol. The van der Waals surface area contributed by atoms with E-state index in [0.717, 1.165) is 31.6 Å². The van der Waals surface area contributed by atoms with Crippen LogP contribution in [0.2, 0.25) is 5.02 Å². The molecule has 98 valence electrons. The maximum Gasteiger partial charge on any atom is 0.227 e. The number of carbonyl (C=O) groups excluding carboxylic acids is 1. The third-order valence-electron chi connectivity index (χ3n) is 3.25. The van der Waals surface area contributed by atoms with E-state index in [1.165, 1.54) is 0 Å². The van der Waals surface area contributed by atoms with Crippen molar-refractivity contribution >= 4 is 17.5 Å². The Bertz CT molecular complexity index is 401. The van der Waals surface area contributed by atoms with E-state index in [1.54, 1.807) is 0 Å².